The number of anilines is 2. The summed E-state index contributed by atoms with van der Waals surface area (Å²) < 4.78 is 17.3. The van der Waals surface area contributed by atoms with Crippen LogP contribution in [-0.4, -0.2) is 41.4 Å². The molecule has 0 amide bonds. The molecular formula is C26H29N5O3S. The predicted molar refractivity (Wildman–Crippen MR) is 140 cm³/mol. The second kappa shape index (κ2) is 10.8. The Morgan fingerprint density at radius 1 is 1.09 bits per heavy atom. The molecule has 182 valence electrons. The number of ether oxygens (including phenoxy) is 3. The zero-order valence-electron chi connectivity index (χ0n) is 19.7. The maximum atomic E-state index is 6.03. The Bertz CT molecular complexity index is 1180. The van der Waals surface area contributed by atoms with Crippen LogP contribution in [0.15, 0.2) is 54.6 Å². The first kappa shape index (κ1) is 23.2. The summed E-state index contributed by atoms with van der Waals surface area (Å²) in [5.74, 6) is 4.54. The monoisotopic (exact) mass is 491 g/mol. The van der Waals surface area contributed by atoms with E-state index in [0.29, 0.717) is 42.6 Å². The van der Waals surface area contributed by atoms with E-state index in [-0.39, 0.29) is 0 Å². The van der Waals surface area contributed by atoms with Gasteiger partial charge in [0.2, 0.25) is 11.8 Å². The number of hydrogen-bond donors (Lipinski definition) is 2. The molecular weight excluding hydrogens is 462 g/mol. The molecule has 0 aliphatic carbocycles. The molecule has 2 aliphatic heterocycles. The standard InChI is InChI=1S/C26H29N5O3S/c1-18-6-5-11-31(17-18)23-15-24(34-20-7-3-2-4-8-20)29-25(28-23)30-26(35)27-16-19-9-10-21-22(14-19)33-13-12-32-21/h2-4,7-10,14-15,18H,5-6,11-13,16-17H2,1H3,(H2,27,28,29,30,35)/t18-/m1/s1. The molecule has 1 saturated heterocycles. The van der Waals surface area contributed by atoms with Gasteiger partial charge in [0.1, 0.15) is 24.8 Å². The molecule has 8 nitrogen and oxygen atoms in total. The molecule has 0 spiro atoms. The summed E-state index contributed by atoms with van der Waals surface area (Å²) in [5.41, 5.74) is 1.03. The van der Waals surface area contributed by atoms with Crippen molar-refractivity contribution in [1.29, 1.82) is 0 Å². The number of nitrogens with zero attached hydrogens (tertiary/aromatic N) is 3. The van der Waals surface area contributed by atoms with E-state index in [9.17, 15) is 0 Å². The quantitative estimate of drug-likeness (QED) is 0.474. The number of hydrogen-bond acceptors (Lipinski definition) is 7. The van der Waals surface area contributed by atoms with Crippen molar-refractivity contribution in [2.75, 3.05) is 36.5 Å². The molecule has 0 bridgehead atoms. The molecule has 0 saturated carbocycles. The smallest absolute Gasteiger partial charge is 0.234 e. The fourth-order valence-electron chi connectivity index (χ4n) is 4.22. The number of rotatable bonds is 6. The number of thiocarbonyl (C=S) groups is 1. The Kier molecular flexibility index (Phi) is 7.13. The van der Waals surface area contributed by atoms with Gasteiger partial charge in [-0.15, -0.1) is 0 Å². The summed E-state index contributed by atoms with van der Waals surface area (Å²) in [6, 6.07) is 17.4. The van der Waals surface area contributed by atoms with Crippen LogP contribution in [-0.2, 0) is 6.54 Å². The second-order valence-corrected chi connectivity index (χ2v) is 9.19. The van der Waals surface area contributed by atoms with Gasteiger partial charge < -0.3 is 29.7 Å². The average molecular weight is 492 g/mol. The van der Waals surface area contributed by atoms with E-state index in [1.165, 1.54) is 6.42 Å². The second-order valence-electron chi connectivity index (χ2n) is 8.78. The van der Waals surface area contributed by atoms with Crippen molar-refractivity contribution in [2.24, 2.45) is 5.92 Å². The summed E-state index contributed by atoms with van der Waals surface area (Å²) in [5, 5.41) is 6.77. The number of benzene rings is 2. The Hall–Kier alpha value is -3.59. The highest BCUT2D eigenvalue weighted by Crippen LogP contribution is 2.31. The van der Waals surface area contributed by atoms with Gasteiger partial charge in [-0.05, 0) is 60.8 Å². The largest absolute Gasteiger partial charge is 0.486 e. The highest BCUT2D eigenvalue weighted by atomic mass is 32.1. The summed E-state index contributed by atoms with van der Waals surface area (Å²) in [6.45, 7) is 5.83. The number of nitrogens with one attached hydrogen (secondary N) is 2. The van der Waals surface area contributed by atoms with Gasteiger partial charge in [-0.2, -0.15) is 9.97 Å². The zero-order valence-corrected chi connectivity index (χ0v) is 20.5. The number of aromatic nitrogens is 2. The van der Waals surface area contributed by atoms with E-state index in [0.717, 1.165) is 48.1 Å². The van der Waals surface area contributed by atoms with Crippen LogP contribution in [0.2, 0.25) is 0 Å². The van der Waals surface area contributed by atoms with Gasteiger partial charge in [0.15, 0.2) is 16.6 Å². The minimum absolute atomic E-state index is 0.395. The fraction of sp³-hybridized carbons (Fsp3) is 0.346. The number of fused-ring (bicyclic) bond motifs is 1. The van der Waals surface area contributed by atoms with Crippen molar-refractivity contribution in [3.63, 3.8) is 0 Å². The molecule has 35 heavy (non-hydrogen) atoms. The predicted octanol–water partition coefficient (Wildman–Crippen LogP) is 4.76. The molecule has 0 unspecified atom stereocenters. The highest BCUT2D eigenvalue weighted by molar-refractivity contribution is 7.80. The van der Waals surface area contributed by atoms with E-state index in [1.807, 2.05) is 54.6 Å². The van der Waals surface area contributed by atoms with Gasteiger partial charge in [-0.1, -0.05) is 31.2 Å². The van der Waals surface area contributed by atoms with E-state index in [4.69, 9.17) is 31.4 Å². The highest BCUT2D eigenvalue weighted by Gasteiger charge is 2.20. The Labute approximate surface area is 210 Å². The van der Waals surface area contributed by atoms with Crippen molar-refractivity contribution >= 4 is 29.1 Å². The molecule has 2 N–H and O–H groups in total. The topological polar surface area (TPSA) is 80.8 Å². The van der Waals surface area contributed by atoms with Gasteiger partial charge in [0.05, 0.1) is 0 Å². The first-order valence-electron chi connectivity index (χ1n) is 11.9. The zero-order chi connectivity index (χ0) is 24.0. The number of para-hydroxylation sites is 1. The summed E-state index contributed by atoms with van der Waals surface area (Å²) in [7, 11) is 0. The molecule has 5 rings (SSSR count). The van der Waals surface area contributed by atoms with E-state index < -0.39 is 0 Å². The molecule has 0 radical (unpaired) electrons. The van der Waals surface area contributed by atoms with Crippen molar-refractivity contribution in [2.45, 2.75) is 26.3 Å². The number of piperidine rings is 1. The molecule has 1 fully saturated rings. The van der Waals surface area contributed by atoms with Gasteiger partial charge in [-0.3, -0.25) is 0 Å². The van der Waals surface area contributed by atoms with E-state index in [1.54, 1.807) is 0 Å². The first-order valence-corrected chi connectivity index (χ1v) is 12.3. The lowest BCUT2D eigenvalue weighted by atomic mass is 10.0. The molecule has 1 aromatic heterocycles. The van der Waals surface area contributed by atoms with Crippen LogP contribution in [0.1, 0.15) is 25.3 Å². The third kappa shape index (κ3) is 6.10. The van der Waals surface area contributed by atoms with Crippen LogP contribution >= 0.6 is 12.2 Å². The lowest BCUT2D eigenvalue weighted by Crippen LogP contribution is -2.35. The molecule has 9 heteroatoms. The average Bonchev–Trinajstić information content (AvgIpc) is 2.88. The minimum atomic E-state index is 0.395. The van der Waals surface area contributed by atoms with Crippen LogP contribution in [0.3, 0.4) is 0 Å². The van der Waals surface area contributed by atoms with Crippen LogP contribution in [0.25, 0.3) is 0 Å². The van der Waals surface area contributed by atoms with Gasteiger partial charge in [0.25, 0.3) is 0 Å². The van der Waals surface area contributed by atoms with Crippen LogP contribution in [0.4, 0.5) is 11.8 Å². The Morgan fingerprint density at radius 3 is 2.74 bits per heavy atom. The lowest BCUT2D eigenvalue weighted by molar-refractivity contribution is 0.171. The van der Waals surface area contributed by atoms with Crippen molar-refractivity contribution < 1.29 is 14.2 Å². The third-order valence-corrected chi connectivity index (χ3v) is 6.17. The third-order valence-electron chi connectivity index (χ3n) is 5.92. The molecule has 1 atom stereocenters. The summed E-state index contributed by atoms with van der Waals surface area (Å²) >= 11 is 5.54. The SMILES string of the molecule is C[C@@H]1CCCN(c2cc(Oc3ccccc3)nc(NC(=S)NCc3ccc4c(c3)OCCO4)n2)C1. The van der Waals surface area contributed by atoms with Gasteiger partial charge in [-0.25, -0.2) is 0 Å². The summed E-state index contributed by atoms with van der Waals surface area (Å²) in [6.07, 6.45) is 2.37. The first-order chi connectivity index (χ1) is 17.1. The normalized spacial score (nSPS) is 16.9. The van der Waals surface area contributed by atoms with Crippen LogP contribution in [0, 0.1) is 5.92 Å². The van der Waals surface area contributed by atoms with Gasteiger partial charge in [0, 0.05) is 25.7 Å². The Balaban J connectivity index is 1.29. The molecule has 2 aromatic carbocycles. The van der Waals surface area contributed by atoms with E-state index in [2.05, 4.69) is 27.4 Å². The van der Waals surface area contributed by atoms with Gasteiger partial charge >= 0.3 is 0 Å². The van der Waals surface area contributed by atoms with Crippen LogP contribution in [0.5, 0.6) is 23.1 Å². The van der Waals surface area contributed by atoms with Crippen LogP contribution < -0.4 is 29.7 Å². The maximum absolute atomic E-state index is 6.03. The lowest BCUT2D eigenvalue weighted by Gasteiger charge is -2.32. The molecule has 2 aliphatic rings. The van der Waals surface area contributed by atoms with Crippen molar-refractivity contribution in [3.8, 4) is 23.1 Å². The molecule has 3 aromatic rings. The molecule has 3 heterocycles. The van der Waals surface area contributed by atoms with Crippen molar-refractivity contribution in [1.82, 2.24) is 15.3 Å². The van der Waals surface area contributed by atoms with Crippen molar-refractivity contribution in [3.05, 3.63) is 60.2 Å². The van der Waals surface area contributed by atoms with E-state index >= 15 is 0 Å². The Morgan fingerprint density at radius 2 is 1.91 bits per heavy atom. The maximum Gasteiger partial charge on any atom is 0.234 e. The minimum Gasteiger partial charge on any atom is -0.486 e. The fourth-order valence-corrected chi connectivity index (χ4v) is 4.38. The summed E-state index contributed by atoms with van der Waals surface area (Å²) in [4.78, 5) is 11.6.